The lowest BCUT2D eigenvalue weighted by Crippen LogP contribution is -2.58. The number of ether oxygens (including phenoxy) is 2. The minimum atomic E-state index is -3.88. The van der Waals surface area contributed by atoms with Crippen LogP contribution in [-0.2, 0) is 35.6 Å². The molecule has 2 bridgehead atoms. The number of alkyl carbamates (subject to hydrolysis) is 1. The molecule has 14 nitrogen and oxygen atoms in total. The predicted octanol–water partition coefficient (Wildman–Crippen LogP) is 3.05. The average molecular weight is 723 g/mol. The van der Waals surface area contributed by atoms with Crippen molar-refractivity contribution in [3.8, 4) is 5.88 Å². The topological polar surface area (TPSA) is 186 Å². The van der Waals surface area contributed by atoms with Crippen molar-refractivity contribution in [1.29, 1.82) is 0 Å². The molecule has 3 saturated carbocycles. The molecule has 15 heteroatoms. The van der Waals surface area contributed by atoms with Gasteiger partial charge in [-0.15, -0.1) is 6.58 Å². The number of rotatable bonds is 6. The summed E-state index contributed by atoms with van der Waals surface area (Å²) < 4.78 is 39.8. The third-order valence-electron chi connectivity index (χ3n) is 11.0. The molecule has 7 atom stereocenters. The molecule has 3 heterocycles. The van der Waals surface area contributed by atoms with Crippen LogP contribution >= 0.6 is 0 Å². The smallest absolute Gasteiger partial charge is 0.408 e. The molecule has 1 aromatic carbocycles. The Morgan fingerprint density at radius 2 is 1.76 bits per heavy atom. The Morgan fingerprint density at radius 3 is 2.49 bits per heavy atom. The highest BCUT2D eigenvalue weighted by Gasteiger charge is 2.62. The number of nitrogens with one attached hydrogen (secondary N) is 3. The third-order valence-corrected chi connectivity index (χ3v) is 12.8. The van der Waals surface area contributed by atoms with Crippen molar-refractivity contribution in [2.75, 3.05) is 6.54 Å². The van der Waals surface area contributed by atoms with Gasteiger partial charge in [0.05, 0.1) is 22.8 Å². The van der Waals surface area contributed by atoms with Gasteiger partial charge in [0, 0.05) is 12.3 Å². The number of sulfonamides is 1. The normalized spacial score (nSPS) is 31.5. The highest BCUT2D eigenvalue weighted by atomic mass is 32.2. The number of amides is 4. The molecule has 3 aliphatic carbocycles. The molecule has 2 aliphatic heterocycles. The minimum Gasteiger partial charge on any atom is -0.471 e. The van der Waals surface area contributed by atoms with Crippen molar-refractivity contribution < 1.29 is 37.1 Å². The van der Waals surface area contributed by atoms with Gasteiger partial charge in [-0.05, 0) is 82.8 Å². The maximum atomic E-state index is 14.1. The Hall–Kier alpha value is -4.27. The van der Waals surface area contributed by atoms with Gasteiger partial charge in [0.25, 0.3) is 5.91 Å². The highest BCUT2D eigenvalue weighted by molar-refractivity contribution is 7.91. The molecule has 3 N–H and O–H groups in total. The van der Waals surface area contributed by atoms with Crippen molar-refractivity contribution >= 4 is 44.9 Å². The standard InChI is InChI=1S/C36H46N6O8S/c1-3-23-19-36(23,34(45)41-51(47,48)25-16-17-25)40-31(43)29-18-24-20-42(29)33(44)21(2)37-35(46)50-30-15-9-11-22(30)10-5-4-6-14-28-32(49-24)39-27-13-8-7-12-26(27)38-28/h3,7-8,12-13,21-25,29-30H,1,4-6,9-11,14-20H2,2H3,(H,37,46)(H,40,43)(H,41,45)/t21-,22+,23?,24+,29-,30+,36+/m0/s1. The number of aryl methyl sites for hydroxylation is 1. The van der Waals surface area contributed by atoms with Crippen LogP contribution < -0.4 is 20.1 Å². The Labute approximate surface area is 297 Å². The summed E-state index contributed by atoms with van der Waals surface area (Å²) in [6.07, 6.45) is 8.15. The fourth-order valence-electron chi connectivity index (χ4n) is 7.85. The van der Waals surface area contributed by atoms with Crippen LogP contribution in [0.5, 0.6) is 5.88 Å². The fourth-order valence-corrected chi connectivity index (χ4v) is 9.22. The van der Waals surface area contributed by atoms with E-state index in [2.05, 4.69) is 21.9 Å². The summed E-state index contributed by atoms with van der Waals surface area (Å²) in [5.41, 5.74) is 0.568. The van der Waals surface area contributed by atoms with Crippen molar-refractivity contribution in [2.45, 2.75) is 119 Å². The SMILES string of the molecule is C=CC1C[C@]1(NC(=O)[C@@H]1C[C@@H]2CN1C(=O)[C@H](C)NC(=O)O[C@@H]1CCC[C@H]1CCCCCc1nc3ccccc3nc1O2)C(=O)NS(=O)(=O)C1CC1. The average Bonchev–Trinajstić information content (AvgIpc) is 3.99. The van der Waals surface area contributed by atoms with Gasteiger partial charge in [-0.3, -0.25) is 19.1 Å². The van der Waals surface area contributed by atoms with E-state index in [0.717, 1.165) is 50.5 Å². The maximum absolute atomic E-state index is 14.1. The second-order valence-electron chi connectivity index (χ2n) is 14.7. The lowest BCUT2D eigenvalue weighted by atomic mass is 9.97. The molecule has 1 aromatic heterocycles. The van der Waals surface area contributed by atoms with Crippen molar-refractivity contribution in [3.63, 3.8) is 0 Å². The molecular weight excluding hydrogens is 676 g/mol. The van der Waals surface area contributed by atoms with E-state index in [-0.39, 0.29) is 31.4 Å². The molecule has 1 unspecified atom stereocenters. The van der Waals surface area contributed by atoms with Gasteiger partial charge in [0.15, 0.2) is 0 Å². The van der Waals surface area contributed by atoms with Crippen molar-refractivity contribution in [1.82, 2.24) is 30.2 Å². The minimum absolute atomic E-state index is 0.00320. The van der Waals surface area contributed by atoms with E-state index < -0.39 is 68.7 Å². The molecule has 4 fully saturated rings. The van der Waals surface area contributed by atoms with E-state index in [0.29, 0.717) is 36.4 Å². The van der Waals surface area contributed by atoms with Crippen LogP contribution in [0.4, 0.5) is 4.79 Å². The van der Waals surface area contributed by atoms with Crippen LogP contribution in [0.25, 0.3) is 11.0 Å². The summed E-state index contributed by atoms with van der Waals surface area (Å²) in [5.74, 6) is -1.91. The number of fused-ring (bicyclic) bond motifs is 5. The zero-order valence-corrected chi connectivity index (χ0v) is 29.7. The van der Waals surface area contributed by atoms with E-state index in [1.807, 2.05) is 24.3 Å². The van der Waals surface area contributed by atoms with E-state index in [9.17, 15) is 27.6 Å². The number of hydrogen-bond donors (Lipinski definition) is 3. The Bertz CT molecular complexity index is 1830. The van der Waals surface area contributed by atoms with Gasteiger partial charge in [-0.2, -0.15) is 0 Å². The summed E-state index contributed by atoms with van der Waals surface area (Å²) in [4.78, 5) is 65.6. The van der Waals surface area contributed by atoms with Crippen LogP contribution in [0.1, 0.15) is 83.2 Å². The zero-order chi connectivity index (χ0) is 35.9. The molecule has 51 heavy (non-hydrogen) atoms. The Kier molecular flexibility index (Phi) is 9.67. The molecular formula is C36H46N6O8S. The lowest BCUT2D eigenvalue weighted by Gasteiger charge is -2.29. The first-order valence-corrected chi connectivity index (χ1v) is 19.7. The first kappa shape index (κ1) is 35.1. The van der Waals surface area contributed by atoms with E-state index >= 15 is 0 Å². The molecule has 0 radical (unpaired) electrons. The van der Waals surface area contributed by atoms with Gasteiger partial charge >= 0.3 is 6.09 Å². The van der Waals surface area contributed by atoms with Crippen molar-refractivity contribution in [3.05, 3.63) is 42.6 Å². The highest BCUT2D eigenvalue weighted by Crippen LogP contribution is 2.45. The molecule has 1 saturated heterocycles. The Morgan fingerprint density at radius 1 is 1.02 bits per heavy atom. The molecule has 7 rings (SSSR count). The fraction of sp³-hybridized carbons (Fsp3) is 0.611. The number of carbonyl (C=O) groups excluding carboxylic acids is 4. The predicted molar refractivity (Wildman–Crippen MR) is 186 cm³/mol. The second-order valence-corrected chi connectivity index (χ2v) is 16.7. The van der Waals surface area contributed by atoms with Crippen LogP contribution in [0.3, 0.4) is 0 Å². The molecule has 2 aromatic rings. The quantitative estimate of drug-likeness (QED) is 0.375. The summed E-state index contributed by atoms with van der Waals surface area (Å²) in [7, 11) is -3.88. The van der Waals surface area contributed by atoms with Gasteiger partial charge in [-0.1, -0.05) is 31.1 Å². The third kappa shape index (κ3) is 7.40. The van der Waals surface area contributed by atoms with Gasteiger partial charge in [-0.25, -0.2) is 23.2 Å². The number of hydrogen-bond acceptors (Lipinski definition) is 10. The first-order chi connectivity index (χ1) is 24.5. The largest absolute Gasteiger partial charge is 0.471 e. The number of para-hydroxylation sites is 2. The lowest BCUT2D eigenvalue weighted by molar-refractivity contribution is -0.140. The van der Waals surface area contributed by atoms with E-state index in [4.69, 9.17) is 19.4 Å². The van der Waals surface area contributed by atoms with E-state index in [1.54, 1.807) is 0 Å². The van der Waals surface area contributed by atoms with Gasteiger partial charge in [0.2, 0.25) is 27.7 Å². The van der Waals surface area contributed by atoms with E-state index in [1.165, 1.54) is 17.9 Å². The number of aromatic nitrogens is 2. The molecule has 274 valence electrons. The van der Waals surface area contributed by atoms with Crippen LogP contribution in [0.15, 0.2) is 36.9 Å². The number of benzene rings is 1. The van der Waals surface area contributed by atoms with Crippen LogP contribution in [0, 0.1) is 11.8 Å². The van der Waals surface area contributed by atoms with Crippen molar-refractivity contribution in [2.24, 2.45) is 11.8 Å². The summed E-state index contributed by atoms with van der Waals surface area (Å²) >= 11 is 0. The van der Waals surface area contributed by atoms with Gasteiger partial charge < -0.3 is 25.0 Å². The maximum Gasteiger partial charge on any atom is 0.408 e. The molecule has 0 spiro atoms. The van der Waals surface area contributed by atoms with Gasteiger partial charge in [0.1, 0.15) is 35.5 Å². The number of carbonyl (C=O) groups is 4. The number of nitrogens with zero attached hydrogens (tertiary/aromatic N) is 3. The molecule has 4 amide bonds. The summed E-state index contributed by atoms with van der Waals surface area (Å²) in [6.45, 7) is 5.30. The second kappa shape index (κ2) is 14.0. The van der Waals surface area contributed by atoms with Crippen LogP contribution in [0.2, 0.25) is 0 Å². The first-order valence-electron chi connectivity index (χ1n) is 18.2. The zero-order valence-electron chi connectivity index (χ0n) is 28.8. The Balaban J connectivity index is 1.17. The molecule has 5 aliphatic rings. The summed E-state index contributed by atoms with van der Waals surface area (Å²) in [5, 5.41) is 4.83. The monoisotopic (exact) mass is 722 g/mol. The van der Waals surface area contributed by atoms with Crippen LogP contribution in [-0.4, -0.2) is 88.7 Å². The summed E-state index contributed by atoms with van der Waals surface area (Å²) in [6, 6.07) is 5.38.